The predicted octanol–water partition coefficient (Wildman–Crippen LogP) is 1.64. The summed E-state index contributed by atoms with van der Waals surface area (Å²) in [5.74, 6) is -0.0860. The summed E-state index contributed by atoms with van der Waals surface area (Å²) in [6, 6.07) is 6.43. The summed E-state index contributed by atoms with van der Waals surface area (Å²) in [4.78, 5) is 12.8. The van der Waals surface area contributed by atoms with Crippen molar-refractivity contribution in [3.05, 3.63) is 24.3 Å². The summed E-state index contributed by atoms with van der Waals surface area (Å²) in [6.07, 6.45) is 0. The Morgan fingerprint density at radius 1 is 1.33 bits per heavy atom. The Hall–Kier alpha value is -1.59. The van der Waals surface area contributed by atoms with Crippen LogP contribution in [0.1, 0.15) is 13.8 Å². The number of anilines is 2. The standard InChI is InChI=1S/C10H14N2O3/c1-3-11(8(2)13)9-5-4-6-10(7-9)12(14)15/h4-7,14-15H,3H2,1-2H3. The Morgan fingerprint density at radius 3 is 2.40 bits per heavy atom. The third-order valence-electron chi connectivity index (χ3n) is 2.07. The molecule has 2 N–H and O–H groups in total. The molecule has 0 aliphatic carbocycles. The van der Waals surface area contributed by atoms with Gasteiger partial charge in [0.05, 0.1) is 5.69 Å². The van der Waals surface area contributed by atoms with Gasteiger partial charge in [0.25, 0.3) is 0 Å². The fourth-order valence-electron chi connectivity index (χ4n) is 1.37. The predicted molar refractivity (Wildman–Crippen MR) is 56.2 cm³/mol. The molecular weight excluding hydrogens is 196 g/mol. The van der Waals surface area contributed by atoms with Gasteiger partial charge in [-0.15, -0.1) is 5.23 Å². The molecule has 1 aromatic carbocycles. The van der Waals surface area contributed by atoms with Crippen LogP contribution >= 0.6 is 0 Å². The maximum atomic E-state index is 11.2. The van der Waals surface area contributed by atoms with E-state index in [1.807, 2.05) is 6.92 Å². The third kappa shape index (κ3) is 2.68. The second-order valence-electron chi connectivity index (χ2n) is 3.07. The van der Waals surface area contributed by atoms with Gasteiger partial charge >= 0.3 is 0 Å². The molecule has 0 spiro atoms. The minimum atomic E-state index is -0.0860. The lowest BCUT2D eigenvalue weighted by molar-refractivity contribution is -0.116. The summed E-state index contributed by atoms with van der Waals surface area (Å²) < 4.78 is 0. The van der Waals surface area contributed by atoms with Crippen LogP contribution in [-0.2, 0) is 4.79 Å². The van der Waals surface area contributed by atoms with E-state index in [4.69, 9.17) is 10.4 Å². The molecule has 0 aliphatic rings. The molecule has 1 aromatic rings. The van der Waals surface area contributed by atoms with E-state index in [9.17, 15) is 4.79 Å². The van der Waals surface area contributed by atoms with E-state index in [-0.39, 0.29) is 16.8 Å². The topological polar surface area (TPSA) is 64.0 Å². The molecule has 0 bridgehead atoms. The van der Waals surface area contributed by atoms with Crippen LogP contribution in [0.5, 0.6) is 0 Å². The lowest BCUT2D eigenvalue weighted by Gasteiger charge is -2.20. The molecule has 0 radical (unpaired) electrons. The average molecular weight is 210 g/mol. The number of carbonyl (C=O) groups excluding carboxylic acids is 1. The smallest absolute Gasteiger partial charge is 0.223 e. The molecule has 0 saturated carbocycles. The van der Waals surface area contributed by atoms with E-state index in [1.165, 1.54) is 24.0 Å². The van der Waals surface area contributed by atoms with Crippen molar-refractivity contribution < 1.29 is 15.2 Å². The Bertz CT molecular complexity index is 352. The highest BCUT2D eigenvalue weighted by molar-refractivity contribution is 5.91. The zero-order valence-electron chi connectivity index (χ0n) is 8.71. The van der Waals surface area contributed by atoms with Gasteiger partial charge < -0.3 is 4.90 Å². The van der Waals surface area contributed by atoms with Crippen molar-refractivity contribution in [1.29, 1.82) is 0 Å². The van der Waals surface area contributed by atoms with Gasteiger partial charge in [0.2, 0.25) is 5.91 Å². The molecular formula is C10H14N2O3. The Labute approximate surface area is 88.1 Å². The maximum absolute atomic E-state index is 11.2. The Kier molecular flexibility index (Phi) is 3.65. The van der Waals surface area contributed by atoms with Crippen LogP contribution in [0.3, 0.4) is 0 Å². The van der Waals surface area contributed by atoms with Crippen LogP contribution in [0.15, 0.2) is 24.3 Å². The molecule has 1 rings (SSSR count). The van der Waals surface area contributed by atoms with E-state index in [2.05, 4.69) is 0 Å². The summed E-state index contributed by atoms with van der Waals surface area (Å²) in [5, 5.41) is 17.7. The van der Waals surface area contributed by atoms with Crippen molar-refractivity contribution in [2.75, 3.05) is 16.7 Å². The number of amides is 1. The Balaban J connectivity index is 3.03. The van der Waals surface area contributed by atoms with Gasteiger partial charge in [-0.3, -0.25) is 15.2 Å². The quantitative estimate of drug-likeness (QED) is 0.744. The zero-order valence-corrected chi connectivity index (χ0v) is 8.71. The number of rotatable bonds is 3. The van der Waals surface area contributed by atoms with Crippen LogP contribution in [0.2, 0.25) is 0 Å². The van der Waals surface area contributed by atoms with Crippen LogP contribution in [0, 0.1) is 0 Å². The molecule has 0 aliphatic heterocycles. The van der Waals surface area contributed by atoms with Crippen molar-refractivity contribution >= 4 is 17.3 Å². The number of hydrogen-bond acceptors (Lipinski definition) is 4. The molecule has 0 saturated heterocycles. The molecule has 15 heavy (non-hydrogen) atoms. The third-order valence-corrected chi connectivity index (χ3v) is 2.07. The molecule has 0 fully saturated rings. The molecule has 5 nitrogen and oxygen atoms in total. The average Bonchev–Trinajstić information content (AvgIpc) is 2.18. The second-order valence-corrected chi connectivity index (χ2v) is 3.07. The van der Waals surface area contributed by atoms with Crippen molar-refractivity contribution in [3.63, 3.8) is 0 Å². The highest BCUT2D eigenvalue weighted by Gasteiger charge is 2.10. The monoisotopic (exact) mass is 210 g/mol. The number of hydrogen-bond donors (Lipinski definition) is 2. The number of benzene rings is 1. The number of nitrogens with zero attached hydrogens (tertiary/aromatic N) is 2. The van der Waals surface area contributed by atoms with Gasteiger partial charge in [0.1, 0.15) is 0 Å². The molecule has 0 heterocycles. The van der Waals surface area contributed by atoms with Crippen molar-refractivity contribution in [2.45, 2.75) is 13.8 Å². The lowest BCUT2D eigenvalue weighted by atomic mass is 10.2. The van der Waals surface area contributed by atoms with E-state index >= 15 is 0 Å². The SMILES string of the molecule is CCN(C(C)=O)c1cccc(N(O)O)c1. The first kappa shape index (κ1) is 11.5. The van der Waals surface area contributed by atoms with Gasteiger partial charge in [0, 0.05) is 19.2 Å². The first-order chi connectivity index (χ1) is 7.06. The van der Waals surface area contributed by atoms with Crippen LogP contribution in [-0.4, -0.2) is 22.9 Å². The molecule has 5 heteroatoms. The summed E-state index contributed by atoms with van der Waals surface area (Å²) >= 11 is 0. The first-order valence-corrected chi connectivity index (χ1v) is 4.62. The number of carbonyl (C=O) groups is 1. The highest BCUT2D eigenvalue weighted by atomic mass is 16.8. The van der Waals surface area contributed by atoms with Crippen molar-refractivity contribution in [3.8, 4) is 0 Å². The minimum absolute atomic E-state index is 0.0253. The van der Waals surface area contributed by atoms with Crippen LogP contribution < -0.4 is 10.1 Å². The van der Waals surface area contributed by atoms with Crippen LogP contribution in [0.25, 0.3) is 0 Å². The molecule has 0 unspecified atom stereocenters. The van der Waals surface area contributed by atoms with Gasteiger partial charge in [-0.1, -0.05) is 6.07 Å². The van der Waals surface area contributed by atoms with Gasteiger partial charge in [-0.2, -0.15) is 0 Å². The largest absolute Gasteiger partial charge is 0.313 e. The van der Waals surface area contributed by atoms with E-state index in [1.54, 1.807) is 12.1 Å². The second kappa shape index (κ2) is 4.77. The van der Waals surface area contributed by atoms with Crippen molar-refractivity contribution in [1.82, 2.24) is 0 Å². The van der Waals surface area contributed by atoms with Crippen molar-refractivity contribution in [2.24, 2.45) is 0 Å². The first-order valence-electron chi connectivity index (χ1n) is 4.62. The zero-order chi connectivity index (χ0) is 11.4. The van der Waals surface area contributed by atoms with E-state index < -0.39 is 0 Å². The molecule has 1 amide bonds. The van der Waals surface area contributed by atoms with Crippen LogP contribution in [0.4, 0.5) is 11.4 Å². The molecule has 0 atom stereocenters. The van der Waals surface area contributed by atoms with Gasteiger partial charge in [-0.05, 0) is 25.1 Å². The highest BCUT2D eigenvalue weighted by Crippen LogP contribution is 2.20. The van der Waals surface area contributed by atoms with E-state index in [0.717, 1.165) is 0 Å². The lowest BCUT2D eigenvalue weighted by Crippen LogP contribution is -2.28. The maximum Gasteiger partial charge on any atom is 0.223 e. The fourth-order valence-corrected chi connectivity index (χ4v) is 1.37. The minimum Gasteiger partial charge on any atom is -0.313 e. The molecule has 82 valence electrons. The molecule has 0 aromatic heterocycles. The summed E-state index contributed by atoms with van der Waals surface area (Å²) in [6.45, 7) is 3.85. The van der Waals surface area contributed by atoms with E-state index in [0.29, 0.717) is 12.2 Å². The van der Waals surface area contributed by atoms with Gasteiger partial charge in [-0.25, -0.2) is 0 Å². The summed E-state index contributed by atoms with van der Waals surface area (Å²) in [5.41, 5.74) is 0.850. The summed E-state index contributed by atoms with van der Waals surface area (Å²) in [7, 11) is 0. The normalized spacial score (nSPS) is 9.87. The van der Waals surface area contributed by atoms with Gasteiger partial charge in [0.15, 0.2) is 0 Å². The fraction of sp³-hybridized carbons (Fsp3) is 0.300. The Morgan fingerprint density at radius 2 is 1.93 bits per heavy atom.